The van der Waals surface area contributed by atoms with Gasteiger partial charge in [0.25, 0.3) is 6.43 Å². The van der Waals surface area contributed by atoms with Crippen molar-refractivity contribution < 1.29 is 23.5 Å². The normalized spacial score (nSPS) is 28.8. The number of aliphatic carboxylic acids is 1. The highest BCUT2D eigenvalue weighted by Gasteiger charge is 2.44. The number of carbonyl (C=O) groups is 2. The van der Waals surface area contributed by atoms with Crippen LogP contribution in [0.1, 0.15) is 32.1 Å². The van der Waals surface area contributed by atoms with Crippen molar-refractivity contribution in [1.82, 2.24) is 9.80 Å². The van der Waals surface area contributed by atoms with Crippen LogP contribution < -0.4 is 0 Å². The fourth-order valence-corrected chi connectivity index (χ4v) is 3.50. The number of halogens is 2. The first-order chi connectivity index (χ1) is 9.38. The van der Waals surface area contributed by atoms with Crippen LogP contribution in [0, 0.1) is 5.92 Å². The number of carboxylic acids is 1. The number of nitrogens with zero attached hydrogens (tertiary/aromatic N) is 2. The molecule has 0 aromatic heterocycles. The summed E-state index contributed by atoms with van der Waals surface area (Å²) in [7, 11) is 1.39. The summed E-state index contributed by atoms with van der Waals surface area (Å²) >= 11 is 0. The summed E-state index contributed by atoms with van der Waals surface area (Å²) < 4.78 is 24.7. The van der Waals surface area contributed by atoms with Gasteiger partial charge in [-0.3, -0.25) is 4.79 Å². The van der Waals surface area contributed by atoms with Gasteiger partial charge in [0, 0.05) is 25.6 Å². The molecular formula is C13H20F2N2O3. The molecule has 2 fully saturated rings. The van der Waals surface area contributed by atoms with Gasteiger partial charge < -0.3 is 14.9 Å². The van der Waals surface area contributed by atoms with Crippen LogP contribution >= 0.6 is 0 Å². The SMILES string of the molecule is CN(CC(F)F)C(=O)N1C2CCC1CC(CC(=O)O)C2. The predicted molar refractivity (Wildman–Crippen MR) is 67.7 cm³/mol. The van der Waals surface area contributed by atoms with E-state index in [2.05, 4.69) is 0 Å². The first-order valence-electron chi connectivity index (χ1n) is 6.91. The molecule has 0 aliphatic carbocycles. The van der Waals surface area contributed by atoms with Crippen molar-refractivity contribution in [2.24, 2.45) is 5.92 Å². The molecule has 0 spiro atoms. The Morgan fingerprint density at radius 1 is 1.30 bits per heavy atom. The Balaban J connectivity index is 1.98. The molecular weight excluding hydrogens is 270 g/mol. The quantitative estimate of drug-likeness (QED) is 0.861. The lowest BCUT2D eigenvalue weighted by atomic mass is 9.88. The van der Waals surface area contributed by atoms with E-state index in [0.29, 0.717) is 12.8 Å². The number of alkyl halides is 2. The Bertz CT molecular complexity index is 378. The summed E-state index contributed by atoms with van der Waals surface area (Å²) in [6.07, 6.45) is 0.603. The highest BCUT2D eigenvalue weighted by atomic mass is 19.3. The number of rotatable bonds is 4. The van der Waals surface area contributed by atoms with Gasteiger partial charge in [0.05, 0.1) is 6.54 Å². The lowest BCUT2D eigenvalue weighted by molar-refractivity contribution is -0.138. The molecule has 1 N–H and O–H groups in total. The average Bonchev–Trinajstić information content (AvgIpc) is 2.58. The molecule has 2 heterocycles. The van der Waals surface area contributed by atoms with Gasteiger partial charge in [0.15, 0.2) is 0 Å². The monoisotopic (exact) mass is 290 g/mol. The predicted octanol–water partition coefficient (Wildman–Crippen LogP) is 2.02. The van der Waals surface area contributed by atoms with Gasteiger partial charge in [0.2, 0.25) is 0 Å². The van der Waals surface area contributed by atoms with Crippen LogP contribution in [0.25, 0.3) is 0 Å². The Kier molecular flexibility index (Phi) is 4.45. The number of urea groups is 1. The van der Waals surface area contributed by atoms with Gasteiger partial charge in [-0.05, 0) is 31.6 Å². The van der Waals surface area contributed by atoms with Crippen LogP contribution in [0.3, 0.4) is 0 Å². The van der Waals surface area contributed by atoms with Crippen molar-refractivity contribution in [1.29, 1.82) is 0 Å². The zero-order valence-corrected chi connectivity index (χ0v) is 11.5. The third kappa shape index (κ3) is 3.19. The molecule has 2 atom stereocenters. The zero-order chi connectivity index (χ0) is 14.9. The minimum atomic E-state index is -2.54. The van der Waals surface area contributed by atoms with E-state index in [1.807, 2.05) is 0 Å². The lowest BCUT2D eigenvalue weighted by Gasteiger charge is -2.40. The van der Waals surface area contributed by atoms with E-state index in [1.165, 1.54) is 7.05 Å². The van der Waals surface area contributed by atoms with Crippen molar-refractivity contribution in [3.63, 3.8) is 0 Å². The van der Waals surface area contributed by atoms with Gasteiger partial charge in [-0.25, -0.2) is 13.6 Å². The highest BCUT2D eigenvalue weighted by molar-refractivity contribution is 5.75. The molecule has 20 heavy (non-hydrogen) atoms. The number of fused-ring (bicyclic) bond motifs is 2. The maximum absolute atomic E-state index is 12.4. The van der Waals surface area contributed by atoms with E-state index in [4.69, 9.17) is 5.11 Å². The Labute approximate surface area is 116 Å². The van der Waals surface area contributed by atoms with E-state index < -0.39 is 18.9 Å². The summed E-state index contributed by atoms with van der Waals surface area (Å²) in [6.45, 7) is -0.562. The summed E-state index contributed by atoms with van der Waals surface area (Å²) in [5.74, 6) is -0.724. The maximum Gasteiger partial charge on any atom is 0.320 e. The van der Waals surface area contributed by atoms with Gasteiger partial charge in [0.1, 0.15) is 0 Å². The van der Waals surface area contributed by atoms with E-state index in [1.54, 1.807) is 4.90 Å². The number of amides is 2. The molecule has 7 heteroatoms. The topological polar surface area (TPSA) is 60.9 Å². The van der Waals surface area contributed by atoms with Crippen LogP contribution in [0.5, 0.6) is 0 Å². The standard InChI is InChI=1S/C13H20F2N2O3/c1-16(7-11(14)15)13(20)17-9-2-3-10(17)5-8(4-9)6-12(18)19/h8-11H,2-7H2,1H3,(H,18,19). The molecule has 114 valence electrons. The highest BCUT2D eigenvalue weighted by Crippen LogP contribution is 2.40. The molecule has 2 rings (SSSR count). The molecule has 2 unspecified atom stereocenters. The number of hydrogen-bond donors (Lipinski definition) is 1. The van der Waals surface area contributed by atoms with Crippen molar-refractivity contribution in [2.45, 2.75) is 50.6 Å². The summed E-state index contributed by atoms with van der Waals surface area (Å²) in [5, 5.41) is 8.85. The Morgan fingerprint density at radius 2 is 1.85 bits per heavy atom. The Morgan fingerprint density at radius 3 is 2.30 bits per heavy atom. The number of carbonyl (C=O) groups excluding carboxylic acids is 1. The van der Waals surface area contributed by atoms with Crippen molar-refractivity contribution in [3.05, 3.63) is 0 Å². The van der Waals surface area contributed by atoms with Gasteiger partial charge in [-0.1, -0.05) is 0 Å². The van der Waals surface area contributed by atoms with Crippen LogP contribution in [-0.4, -0.2) is 59.0 Å². The largest absolute Gasteiger partial charge is 0.481 e. The minimum absolute atomic E-state index is 0.00530. The van der Waals surface area contributed by atoms with E-state index >= 15 is 0 Å². The first-order valence-corrected chi connectivity index (χ1v) is 6.91. The van der Waals surface area contributed by atoms with Crippen LogP contribution in [-0.2, 0) is 4.79 Å². The number of carboxylic acid groups (broad SMARTS) is 1. The molecule has 2 aliphatic heterocycles. The fraction of sp³-hybridized carbons (Fsp3) is 0.846. The average molecular weight is 290 g/mol. The van der Waals surface area contributed by atoms with Crippen molar-refractivity contribution in [2.75, 3.05) is 13.6 Å². The van der Waals surface area contributed by atoms with E-state index in [-0.39, 0.29) is 30.5 Å². The molecule has 2 bridgehead atoms. The van der Waals surface area contributed by atoms with Gasteiger partial charge in [-0.2, -0.15) is 0 Å². The first kappa shape index (κ1) is 15.0. The number of piperidine rings is 1. The second-order valence-electron chi connectivity index (χ2n) is 5.78. The second kappa shape index (κ2) is 5.93. The smallest absolute Gasteiger partial charge is 0.320 e. The summed E-state index contributed by atoms with van der Waals surface area (Å²) in [6, 6.07) is -0.344. The van der Waals surface area contributed by atoms with Crippen molar-refractivity contribution >= 4 is 12.0 Å². The molecule has 2 amide bonds. The molecule has 0 saturated carbocycles. The molecule has 0 radical (unpaired) electrons. The zero-order valence-electron chi connectivity index (χ0n) is 11.5. The third-order valence-corrected chi connectivity index (χ3v) is 4.25. The third-order valence-electron chi connectivity index (χ3n) is 4.25. The molecule has 2 saturated heterocycles. The molecule has 0 aromatic carbocycles. The fourth-order valence-electron chi connectivity index (χ4n) is 3.50. The number of hydrogen-bond acceptors (Lipinski definition) is 2. The maximum atomic E-state index is 12.4. The van der Waals surface area contributed by atoms with Crippen molar-refractivity contribution in [3.8, 4) is 0 Å². The molecule has 0 aromatic rings. The second-order valence-corrected chi connectivity index (χ2v) is 5.78. The van der Waals surface area contributed by atoms with E-state index in [9.17, 15) is 18.4 Å². The van der Waals surface area contributed by atoms with Gasteiger partial charge >= 0.3 is 12.0 Å². The molecule has 2 aliphatic rings. The minimum Gasteiger partial charge on any atom is -0.481 e. The van der Waals surface area contributed by atoms with Crippen LogP contribution in [0.15, 0.2) is 0 Å². The Hall–Kier alpha value is -1.40. The molecule has 5 nitrogen and oxygen atoms in total. The van der Waals surface area contributed by atoms with E-state index in [0.717, 1.165) is 17.7 Å². The van der Waals surface area contributed by atoms with Crippen LogP contribution in [0.4, 0.5) is 13.6 Å². The lowest BCUT2D eigenvalue weighted by Crippen LogP contribution is -2.52. The van der Waals surface area contributed by atoms with Crippen LogP contribution in [0.2, 0.25) is 0 Å². The van der Waals surface area contributed by atoms with Gasteiger partial charge in [-0.15, -0.1) is 0 Å². The summed E-state index contributed by atoms with van der Waals surface area (Å²) in [4.78, 5) is 25.8. The summed E-state index contributed by atoms with van der Waals surface area (Å²) in [5.41, 5.74) is 0.